The van der Waals surface area contributed by atoms with Gasteiger partial charge in [-0.15, -0.1) is 5.10 Å². The van der Waals surface area contributed by atoms with Crippen LogP contribution in [0.4, 0.5) is 0 Å². The third kappa shape index (κ3) is 4.46. The molecule has 0 radical (unpaired) electrons. The molecule has 0 saturated heterocycles. The minimum Gasteiger partial charge on any atom is -0.481 e. The van der Waals surface area contributed by atoms with Gasteiger partial charge in [0.15, 0.2) is 0 Å². The summed E-state index contributed by atoms with van der Waals surface area (Å²) in [6.07, 6.45) is 0.774. The Morgan fingerprint density at radius 2 is 1.79 bits per heavy atom. The van der Waals surface area contributed by atoms with Crippen LogP contribution in [0.2, 0.25) is 0 Å². The van der Waals surface area contributed by atoms with E-state index in [9.17, 15) is 14.7 Å². The van der Waals surface area contributed by atoms with Crippen LogP contribution in [0.5, 0.6) is 0 Å². The van der Waals surface area contributed by atoms with E-state index in [0.29, 0.717) is 25.2 Å². The molecule has 38 heavy (non-hydrogen) atoms. The number of carbonyl (C=O) groups is 2. The van der Waals surface area contributed by atoms with Crippen LogP contribution in [0, 0.1) is 26.7 Å². The molecular formula is C31H34N4O3. The molecule has 2 heterocycles. The van der Waals surface area contributed by atoms with E-state index in [4.69, 9.17) is 0 Å². The molecule has 0 unspecified atom stereocenters. The Hall–Kier alpha value is -4.00. The first-order valence-corrected chi connectivity index (χ1v) is 13.2. The summed E-state index contributed by atoms with van der Waals surface area (Å²) in [5.74, 6) is -1.84. The molecule has 196 valence electrons. The van der Waals surface area contributed by atoms with E-state index in [-0.39, 0.29) is 11.8 Å². The van der Waals surface area contributed by atoms with Gasteiger partial charge in [0.1, 0.15) is 5.52 Å². The number of aliphatic carboxylic acids is 1. The van der Waals surface area contributed by atoms with Crippen molar-refractivity contribution in [3.8, 4) is 0 Å². The highest BCUT2D eigenvalue weighted by atomic mass is 16.4. The number of fused-ring (bicyclic) bond motifs is 2. The van der Waals surface area contributed by atoms with Crippen molar-refractivity contribution < 1.29 is 14.7 Å². The first-order chi connectivity index (χ1) is 18.2. The number of carboxylic acids is 1. The van der Waals surface area contributed by atoms with E-state index in [1.807, 2.05) is 67.6 Å². The van der Waals surface area contributed by atoms with Gasteiger partial charge in [0.2, 0.25) is 0 Å². The molecule has 1 aliphatic rings. The summed E-state index contributed by atoms with van der Waals surface area (Å²) in [4.78, 5) is 27.5. The number of nitrogens with zero attached hydrogens (tertiary/aromatic N) is 4. The van der Waals surface area contributed by atoms with Crippen LogP contribution >= 0.6 is 0 Å². The Bertz CT molecular complexity index is 1550. The Balaban J connectivity index is 1.52. The van der Waals surface area contributed by atoms with E-state index < -0.39 is 11.9 Å². The van der Waals surface area contributed by atoms with Gasteiger partial charge in [0, 0.05) is 31.1 Å². The monoisotopic (exact) mass is 510 g/mol. The first-order valence-electron chi connectivity index (χ1n) is 13.2. The minimum atomic E-state index is -0.851. The van der Waals surface area contributed by atoms with Crippen LogP contribution in [-0.4, -0.2) is 43.4 Å². The van der Waals surface area contributed by atoms with Crippen molar-refractivity contribution in [2.75, 3.05) is 6.54 Å². The molecule has 1 aliphatic heterocycles. The summed E-state index contributed by atoms with van der Waals surface area (Å²) >= 11 is 0. The number of rotatable bonds is 6. The number of hydrogen-bond donors (Lipinski definition) is 1. The lowest BCUT2D eigenvalue weighted by atomic mass is 9.78. The number of carboxylic acid groups (broad SMARTS) is 1. The van der Waals surface area contributed by atoms with Crippen LogP contribution < -0.4 is 0 Å². The van der Waals surface area contributed by atoms with Crippen LogP contribution in [-0.2, 0) is 24.3 Å². The number of benzene rings is 3. The predicted molar refractivity (Wildman–Crippen MR) is 147 cm³/mol. The van der Waals surface area contributed by atoms with E-state index in [0.717, 1.165) is 45.3 Å². The van der Waals surface area contributed by atoms with Crippen molar-refractivity contribution in [1.29, 1.82) is 0 Å². The molecule has 1 N–H and O–H groups in total. The summed E-state index contributed by atoms with van der Waals surface area (Å²) in [7, 11) is 0. The maximum atomic E-state index is 13.3. The molecule has 7 heteroatoms. The summed E-state index contributed by atoms with van der Waals surface area (Å²) in [6.45, 7) is 11.7. The van der Waals surface area contributed by atoms with Gasteiger partial charge in [-0.2, -0.15) is 0 Å². The summed E-state index contributed by atoms with van der Waals surface area (Å²) < 4.78 is 1.85. The molecular weight excluding hydrogens is 476 g/mol. The molecule has 1 aromatic heterocycles. The van der Waals surface area contributed by atoms with Crippen molar-refractivity contribution in [2.24, 2.45) is 5.92 Å². The van der Waals surface area contributed by atoms with Crippen molar-refractivity contribution in [2.45, 2.75) is 60.0 Å². The molecule has 0 bridgehead atoms. The van der Waals surface area contributed by atoms with E-state index >= 15 is 0 Å². The van der Waals surface area contributed by atoms with Gasteiger partial charge in [0.05, 0.1) is 11.4 Å². The molecule has 0 saturated carbocycles. The van der Waals surface area contributed by atoms with Crippen molar-refractivity contribution in [3.05, 3.63) is 93.0 Å². The van der Waals surface area contributed by atoms with Crippen molar-refractivity contribution in [1.82, 2.24) is 19.9 Å². The predicted octanol–water partition coefficient (Wildman–Crippen LogP) is 5.43. The second kappa shape index (κ2) is 10.0. The number of hydrogen-bond acceptors (Lipinski definition) is 4. The van der Waals surface area contributed by atoms with Crippen LogP contribution in [0.1, 0.15) is 69.1 Å². The minimum absolute atomic E-state index is 0.0277. The highest BCUT2D eigenvalue weighted by Crippen LogP contribution is 2.38. The smallest absolute Gasteiger partial charge is 0.307 e. The molecule has 1 amide bonds. The van der Waals surface area contributed by atoms with Crippen molar-refractivity contribution >= 4 is 22.9 Å². The van der Waals surface area contributed by atoms with Crippen molar-refractivity contribution in [3.63, 3.8) is 0 Å². The number of aryl methyl sites for hydroxylation is 4. The zero-order valence-electron chi connectivity index (χ0n) is 22.7. The molecule has 4 aromatic rings. The fourth-order valence-electron chi connectivity index (χ4n) is 5.63. The van der Waals surface area contributed by atoms with Gasteiger partial charge < -0.3 is 10.0 Å². The quantitative estimate of drug-likeness (QED) is 0.374. The second-order valence-corrected chi connectivity index (χ2v) is 10.5. The van der Waals surface area contributed by atoms with Gasteiger partial charge in [-0.25, -0.2) is 4.68 Å². The third-order valence-electron chi connectivity index (χ3n) is 8.15. The van der Waals surface area contributed by atoms with Gasteiger partial charge in [-0.1, -0.05) is 42.5 Å². The van der Waals surface area contributed by atoms with Gasteiger partial charge >= 0.3 is 5.97 Å². The summed E-state index contributed by atoms with van der Waals surface area (Å²) in [5, 5.41) is 18.7. The Labute approximate surface area is 223 Å². The fraction of sp³-hybridized carbons (Fsp3) is 0.355. The van der Waals surface area contributed by atoms with Crippen LogP contribution in [0.15, 0.2) is 48.5 Å². The topological polar surface area (TPSA) is 88.3 Å². The SMILES string of the molecule is CCn1nnc2c(C)c([C@H](c3ccc4c(c3)CN(C(=O)c3ccc(C)c(C)c3)CC4)[C@@H](C)C(=O)O)ccc21. The van der Waals surface area contributed by atoms with Gasteiger partial charge in [0.25, 0.3) is 5.91 Å². The van der Waals surface area contributed by atoms with E-state index in [1.165, 1.54) is 11.1 Å². The molecule has 0 fully saturated rings. The molecule has 2 atom stereocenters. The molecule has 3 aromatic carbocycles. The Morgan fingerprint density at radius 3 is 2.50 bits per heavy atom. The highest BCUT2D eigenvalue weighted by Gasteiger charge is 2.31. The van der Waals surface area contributed by atoms with Crippen LogP contribution in [0.25, 0.3) is 11.0 Å². The zero-order chi connectivity index (χ0) is 27.1. The maximum Gasteiger partial charge on any atom is 0.307 e. The average Bonchev–Trinajstić information content (AvgIpc) is 3.34. The first kappa shape index (κ1) is 25.6. The molecule has 7 nitrogen and oxygen atoms in total. The lowest BCUT2D eigenvalue weighted by Crippen LogP contribution is -2.36. The van der Waals surface area contributed by atoms with E-state index in [1.54, 1.807) is 6.92 Å². The zero-order valence-corrected chi connectivity index (χ0v) is 22.7. The van der Waals surface area contributed by atoms with E-state index in [2.05, 4.69) is 28.5 Å². The fourth-order valence-corrected chi connectivity index (χ4v) is 5.63. The molecule has 5 rings (SSSR count). The third-order valence-corrected chi connectivity index (χ3v) is 8.15. The molecule has 0 aliphatic carbocycles. The normalized spacial score (nSPS) is 14.8. The number of carbonyl (C=O) groups excluding carboxylic acids is 1. The second-order valence-electron chi connectivity index (χ2n) is 10.5. The Kier molecular flexibility index (Phi) is 6.78. The van der Waals surface area contributed by atoms with Gasteiger partial charge in [-0.3, -0.25) is 9.59 Å². The maximum absolute atomic E-state index is 13.3. The lowest BCUT2D eigenvalue weighted by Gasteiger charge is -2.31. The number of aromatic nitrogens is 3. The highest BCUT2D eigenvalue weighted by molar-refractivity contribution is 5.94. The molecule has 0 spiro atoms. The largest absolute Gasteiger partial charge is 0.481 e. The van der Waals surface area contributed by atoms with Gasteiger partial charge in [-0.05, 0) is 91.3 Å². The summed E-state index contributed by atoms with van der Waals surface area (Å²) in [6, 6.07) is 16.1. The lowest BCUT2D eigenvalue weighted by molar-refractivity contribution is -0.141. The summed E-state index contributed by atoms with van der Waals surface area (Å²) in [5.41, 5.74) is 9.82. The Morgan fingerprint density at radius 1 is 1.00 bits per heavy atom. The standard InChI is InChI=1S/C31H34N4O3/c1-6-35-27-12-11-26(20(4)29(27)32-33-35)28(21(5)31(37)38)23-10-9-22-13-14-34(17-25(22)16-23)30(36)24-8-7-18(2)19(3)15-24/h7-12,15-16,21,28H,6,13-14,17H2,1-5H3,(H,37,38)/t21-,28+/m1/s1. The average molecular weight is 511 g/mol. The van der Waals surface area contributed by atoms with Crippen LogP contribution in [0.3, 0.4) is 0 Å². The number of amides is 1.